The molecule has 124 valence electrons. The molecule has 4 nitrogen and oxygen atoms in total. The summed E-state index contributed by atoms with van der Waals surface area (Å²) in [6.07, 6.45) is 4.39. The summed E-state index contributed by atoms with van der Waals surface area (Å²) in [5.74, 6) is -0.335. The molecule has 0 radical (unpaired) electrons. The number of carbonyl (C=O) groups excluding carboxylic acids is 2. The van der Waals surface area contributed by atoms with Gasteiger partial charge in [-0.1, -0.05) is 42.7 Å². The first-order chi connectivity index (χ1) is 11.6. The molecule has 1 aliphatic carbocycles. The molecule has 24 heavy (non-hydrogen) atoms. The summed E-state index contributed by atoms with van der Waals surface area (Å²) in [5, 5.41) is 5.92. The SMILES string of the molecule is Cc1ccc(C(=O)Nc2ccccc2C(=O)NC2CCCC2)cc1. The molecule has 0 aromatic heterocycles. The zero-order valence-electron chi connectivity index (χ0n) is 13.8. The van der Waals surface area contributed by atoms with Gasteiger partial charge in [0.2, 0.25) is 0 Å². The fraction of sp³-hybridized carbons (Fsp3) is 0.300. The lowest BCUT2D eigenvalue weighted by atomic mass is 10.1. The van der Waals surface area contributed by atoms with Crippen molar-refractivity contribution in [3.8, 4) is 0 Å². The summed E-state index contributed by atoms with van der Waals surface area (Å²) in [7, 11) is 0. The van der Waals surface area contributed by atoms with E-state index in [-0.39, 0.29) is 17.9 Å². The van der Waals surface area contributed by atoms with Crippen LogP contribution in [0.1, 0.15) is 52.0 Å². The molecular formula is C20H22N2O2. The van der Waals surface area contributed by atoms with Gasteiger partial charge in [0.15, 0.2) is 0 Å². The Morgan fingerprint density at radius 2 is 1.58 bits per heavy atom. The van der Waals surface area contributed by atoms with Crippen molar-refractivity contribution in [1.29, 1.82) is 0 Å². The average molecular weight is 322 g/mol. The number of aryl methyl sites for hydroxylation is 1. The zero-order valence-corrected chi connectivity index (χ0v) is 13.8. The maximum Gasteiger partial charge on any atom is 0.255 e. The van der Waals surface area contributed by atoms with Crippen molar-refractivity contribution in [3.63, 3.8) is 0 Å². The molecule has 2 aromatic carbocycles. The maximum absolute atomic E-state index is 12.5. The molecule has 1 aliphatic rings. The standard InChI is InChI=1S/C20H22N2O2/c1-14-10-12-15(13-11-14)19(23)22-18-9-5-4-8-17(18)20(24)21-16-6-2-3-7-16/h4-5,8-13,16H,2-3,6-7H2,1H3,(H,21,24)(H,22,23). The van der Waals surface area contributed by atoms with Crippen LogP contribution in [-0.2, 0) is 0 Å². The second kappa shape index (κ2) is 7.30. The summed E-state index contributed by atoms with van der Waals surface area (Å²) < 4.78 is 0. The highest BCUT2D eigenvalue weighted by Gasteiger charge is 2.20. The molecule has 0 aliphatic heterocycles. The van der Waals surface area contributed by atoms with Gasteiger partial charge in [-0.25, -0.2) is 0 Å². The van der Waals surface area contributed by atoms with Gasteiger partial charge in [0, 0.05) is 11.6 Å². The fourth-order valence-corrected chi connectivity index (χ4v) is 3.02. The number of rotatable bonds is 4. The molecule has 3 rings (SSSR count). The summed E-state index contributed by atoms with van der Waals surface area (Å²) >= 11 is 0. The Morgan fingerprint density at radius 3 is 2.29 bits per heavy atom. The highest BCUT2D eigenvalue weighted by Crippen LogP contribution is 2.20. The monoisotopic (exact) mass is 322 g/mol. The molecule has 2 N–H and O–H groups in total. The first kappa shape index (κ1) is 16.2. The molecular weight excluding hydrogens is 300 g/mol. The highest BCUT2D eigenvalue weighted by molar-refractivity contribution is 6.09. The largest absolute Gasteiger partial charge is 0.349 e. The number of hydrogen-bond acceptors (Lipinski definition) is 2. The molecule has 1 saturated carbocycles. The third kappa shape index (κ3) is 3.82. The number of para-hydroxylation sites is 1. The summed E-state index contributed by atoms with van der Waals surface area (Å²) in [6.45, 7) is 1.98. The first-order valence-corrected chi connectivity index (χ1v) is 8.41. The number of hydrogen-bond donors (Lipinski definition) is 2. The van der Waals surface area contributed by atoms with Crippen LogP contribution in [0.2, 0.25) is 0 Å². The van der Waals surface area contributed by atoms with Crippen LogP contribution in [0.5, 0.6) is 0 Å². The fourth-order valence-electron chi connectivity index (χ4n) is 3.02. The molecule has 0 saturated heterocycles. The lowest BCUT2D eigenvalue weighted by Gasteiger charge is -2.15. The maximum atomic E-state index is 12.5. The topological polar surface area (TPSA) is 58.2 Å². The van der Waals surface area contributed by atoms with E-state index >= 15 is 0 Å². The van der Waals surface area contributed by atoms with Crippen LogP contribution in [0.4, 0.5) is 5.69 Å². The van der Waals surface area contributed by atoms with Crippen LogP contribution in [0.25, 0.3) is 0 Å². The van der Waals surface area contributed by atoms with Crippen LogP contribution in [0, 0.1) is 6.92 Å². The Labute approximate surface area is 142 Å². The molecule has 4 heteroatoms. The van der Waals surface area contributed by atoms with Gasteiger partial charge < -0.3 is 10.6 Å². The minimum Gasteiger partial charge on any atom is -0.349 e. The van der Waals surface area contributed by atoms with E-state index in [1.165, 1.54) is 0 Å². The van der Waals surface area contributed by atoms with Crippen LogP contribution in [-0.4, -0.2) is 17.9 Å². The van der Waals surface area contributed by atoms with Crippen molar-refractivity contribution in [2.45, 2.75) is 38.6 Å². The van der Waals surface area contributed by atoms with Gasteiger partial charge in [0.05, 0.1) is 11.3 Å². The molecule has 0 bridgehead atoms. The molecule has 0 spiro atoms. The van der Waals surface area contributed by atoms with Crippen LogP contribution in [0.15, 0.2) is 48.5 Å². The third-order valence-corrected chi connectivity index (χ3v) is 4.42. The number of anilines is 1. The molecule has 2 amide bonds. The average Bonchev–Trinajstić information content (AvgIpc) is 3.09. The smallest absolute Gasteiger partial charge is 0.255 e. The quantitative estimate of drug-likeness (QED) is 0.896. The Hall–Kier alpha value is -2.62. The van der Waals surface area contributed by atoms with Crippen molar-refractivity contribution < 1.29 is 9.59 Å². The molecule has 0 atom stereocenters. The first-order valence-electron chi connectivity index (χ1n) is 8.41. The van der Waals surface area contributed by atoms with Gasteiger partial charge >= 0.3 is 0 Å². The van der Waals surface area contributed by atoms with E-state index in [4.69, 9.17) is 0 Å². The van der Waals surface area contributed by atoms with E-state index < -0.39 is 0 Å². The molecule has 2 aromatic rings. The van der Waals surface area contributed by atoms with E-state index in [1.807, 2.05) is 31.2 Å². The Kier molecular flexibility index (Phi) is 4.94. The van der Waals surface area contributed by atoms with E-state index in [1.54, 1.807) is 24.3 Å². The molecule has 1 fully saturated rings. The Bertz CT molecular complexity index is 732. The normalized spacial score (nSPS) is 14.4. The van der Waals surface area contributed by atoms with E-state index in [0.717, 1.165) is 31.2 Å². The van der Waals surface area contributed by atoms with Crippen LogP contribution < -0.4 is 10.6 Å². The summed E-state index contributed by atoms with van der Waals surface area (Å²) in [4.78, 5) is 24.9. The minimum atomic E-state index is -0.212. The second-order valence-corrected chi connectivity index (χ2v) is 6.32. The van der Waals surface area contributed by atoms with Gasteiger partial charge in [-0.05, 0) is 44.0 Å². The van der Waals surface area contributed by atoms with Gasteiger partial charge in [0.25, 0.3) is 11.8 Å². The lowest BCUT2D eigenvalue weighted by molar-refractivity contribution is 0.0939. The minimum absolute atomic E-state index is 0.123. The number of amides is 2. The van der Waals surface area contributed by atoms with Crippen molar-refractivity contribution >= 4 is 17.5 Å². The van der Waals surface area contributed by atoms with Crippen LogP contribution in [0.3, 0.4) is 0 Å². The number of nitrogens with one attached hydrogen (secondary N) is 2. The van der Waals surface area contributed by atoms with Gasteiger partial charge in [-0.15, -0.1) is 0 Å². The second-order valence-electron chi connectivity index (χ2n) is 6.32. The number of carbonyl (C=O) groups is 2. The number of benzene rings is 2. The summed E-state index contributed by atoms with van der Waals surface area (Å²) in [5.41, 5.74) is 2.72. The highest BCUT2D eigenvalue weighted by atomic mass is 16.2. The van der Waals surface area contributed by atoms with Gasteiger partial charge in [-0.3, -0.25) is 9.59 Å². The molecule has 0 heterocycles. The predicted octanol–water partition coefficient (Wildman–Crippen LogP) is 3.92. The van der Waals surface area contributed by atoms with Gasteiger partial charge in [-0.2, -0.15) is 0 Å². The Balaban J connectivity index is 1.74. The van der Waals surface area contributed by atoms with Crippen molar-refractivity contribution in [3.05, 3.63) is 65.2 Å². The Morgan fingerprint density at radius 1 is 0.917 bits per heavy atom. The third-order valence-electron chi connectivity index (χ3n) is 4.42. The van der Waals surface area contributed by atoms with E-state index in [0.29, 0.717) is 16.8 Å². The van der Waals surface area contributed by atoms with Crippen molar-refractivity contribution in [1.82, 2.24) is 5.32 Å². The molecule has 0 unspecified atom stereocenters. The van der Waals surface area contributed by atoms with Crippen molar-refractivity contribution in [2.24, 2.45) is 0 Å². The lowest BCUT2D eigenvalue weighted by Crippen LogP contribution is -2.33. The van der Waals surface area contributed by atoms with E-state index in [9.17, 15) is 9.59 Å². The summed E-state index contributed by atoms with van der Waals surface area (Å²) in [6, 6.07) is 14.7. The van der Waals surface area contributed by atoms with Crippen LogP contribution >= 0.6 is 0 Å². The zero-order chi connectivity index (χ0) is 16.9. The van der Waals surface area contributed by atoms with Gasteiger partial charge in [0.1, 0.15) is 0 Å². The van der Waals surface area contributed by atoms with E-state index in [2.05, 4.69) is 10.6 Å². The predicted molar refractivity (Wildman–Crippen MR) is 95.3 cm³/mol. The van der Waals surface area contributed by atoms with Crippen molar-refractivity contribution in [2.75, 3.05) is 5.32 Å².